The number of aromatic nitrogens is 1. The first-order valence-corrected chi connectivity index (χ1v) is 7.03. The summed E-state index contributed by atoms with van der Waals surface area (Å²) in [6.07, 6.45) is 4.08. The fourth-order valence-electron chi connectivity index (χ4n) is 2.46. The lowest BCUT2D eigenvalue weighted by Gasteiger charge is -2.12. The van der Waals surface area contributed by atoms with Gasteiger partial charge in [-0.15, -0.1) is 6.58 Å². The highest BCUT2D eigenvalue weighted by Gasteiger charge is 2.14. The minimum atomic E-state index is 0.212. The third kappa shape index (κ3) is 2.24. The van der Waals surface area contributed by atoms with E-state index in [4.69, 9.17) is 0 Å². The lowest BCUT2D eigenvalue weighted by atomic mass is 9.91. The van der Waals surface area contributed by atoms with Crippen molar-refractivity contribution in [1.29, 1.82) is 0 Å². The van der Waals surface area contributed by atoms with Crippen LogP contribution in [0.5, 0.6) is 0 Å². The van der Waals surface area contributed by atoms with E-state index >= 15 is 0 Å². The molecule has 3 rings (SSSR count). The van der Waals surface area contributed by atoms with Gasteiger partial charge in [0.05, 0.1) is 0 Å². The van der Waals surface area contributed by atoms with Crippen LogP contribution in [-0.4, -0.2) is 4.98 Å². The molecule has 0 amide bonds. The Kier molecular flexibility index (Phi) is 3.26. The van der Waals surface area contributed by atoms with Crippen LogP contribution in [0.2, 0.25) is 0 Å². The Hall–Kier alpha value is -1.80. The predicted molar refractivity (Wildman–Crippen MR) is 84.5 cm³/mol. The van der Waals surface area contributed by atoms with Gasteiger partial charge in [-0.3, -0.25) is 0 Å². The van der Waals surface area contributed by atoms with Gasteiger partial charge in [-0.2, -0.15) is 0 Å². The molecule has 0 aliphatic heterocycles. The highest BCUT2D eigenvalue weighted by molar-refractivity contribution is 9.10. The Bertz CT molecular complexity index is 709. The van der Waals surface area contributed by atoms with Gasteiger partial charge in [0.2, 0.25) is 0 Å². The third-order valence-electron chi connectivity index (χ3n) is 3.42. The molecule has 0 aliphatic rings. The molecule has 1 heterocycles. The number of benzene rings is 2. The summed E-state index contributed by atoms with van der Waals surface area (Å²) >= 11 is 3.47. The maximum absolute atomic E-state index is 4.00. The van der Waals surface area contributed by atoms with Crippen molar-refractivity contribution in [3.63, 3.8) is 0 Å². The van der Waals surface area contributed by atoms with Crippen molar-refractivity contribution in [2.24, 2.45) is 0 Å². The molecule has 0 saturated heterocycles. The number of H-pyrrole nitrogens is 1. The molecule has 19 heavy (non-hydrogen) atoms. The van der Waals surface area contributed by atoms with Crippen LogP contribution >= 0.6 is 15.9 Å². The van der Waals surface area contributed by atoms with Crippen LogP contribution in [0.4, 0.5) is 0 Å². The molecule has 0 fully saturated rings. The van der Waals surface area contributed by atoms with Crippen molar-refractivity contribution in [1.82, 2.24) is 4.98 Å². The number of fused-ring (bicyclic) bond motifs is 1. The van der Waals surface area contributed by atoms with Crippen molar-refractivity contribution < 1.29 is 0 Å². The second-order valence-electron chi connectivity index (χ2n) is 4.55. The van der Waals surface area contributed by atoms with Gasteiger partial charge in [0, 0.05) is 27.5 Å². The second kappa shape index (κ2) is 5.06. The lowest BCUT2D eigenvalue weighted by Crippen LogP contribution is -1.96. The number of hydrogen-bond acceptors (Lipinski definition) is 0. The number of halogens is 1. The van der Waals surface area contributed by atoms with Crippen molar-refractivity contribution in [3.05, 3.63) is 83.0 Å². The minimum absolute atomic E-state index is 0.212. The first kappa shape index (κ1) is 12.2. The maximum Gasteiger partial charge on any atom is 0.0457 e. The van der Waals surface area contributed by atoms with E-state index in [-0.39, 0.29) is 5.92 Å². The van der Waals surface area contributed by atoms with Crippen LogP contribution in [0.15, 0.2) is 71.9 Å². The molecule has 1 nitrogen and oxygen atoms in total. The van der Waals surface area contributed by atoms with Gasteiger partial charge in [-0.05, 0) is 29.3 Å². The molecule has 0 radical (unpaired) electrons. The van der Waals surface area contributed by atoms with Crippen molar-refractivity contribution in [2.45, 2.75) is 5.92 Å². The molecule has 94 valence electrons. The van der Waals surface area contributed by atoms with Gasteiger partial charge < -0.3 is 4.98 Å². The zero-order chi connectivity index (χ0) is 13.2. The van der Waals surface area contributed by atoms with Crippen LogP contribution < -0.4 is 0 Å². The topological polar surface area (TPSA) is 15.8 Å². The lowest BCUT2D eigenvalue weighted by molar-refractivity contribution is 1.04. The summed E-state index contributed by atoms with van der Waals surface area (Å²) in [5.74, 6) is 0.212. The summed E-state index contributed by atoms with van der Waals surface area (Å²) < 4.78 is 1.10. The molecule has 2 aromatic carbocycles. The average molecular weight is 312 g/mol. The van der Waals surface area contributed by atoms with E-state index in [0.29, 0.717) is 0 Å². The molecule has 1 aromatic heterocycles. The Balaban J connectivity index is 2.12. The molecule has 1 atom stereocenters. The largest absolute Gasteiger partial charge is 0.361 e. The number of rotatable bonds is 3. The smallest absolute Gasteiger partial charge is 0.0457 e. The third-order valence-corrected chi connectivity index (χ3v) is 3.95. The van der Waals surface area contributed by atoms with E-state index in [1.165, 1.54) is 22.0 Å². The Morgan fingerprint density at radius 3 is 2.53 bits per heavy atom. The number of allylic oxidation sites excluding steroid dienone is 1. The quantitative estimate of drug-likeness (QED) is 0.636. The van der Waals surface area contributed by atoms with E-state index < -0.39 is 0 Å². The number of hydrogen-bond donors (Lipinski definition) is 1. The fraction of sp³-hybridized carbons (Fsp3) is 0.0588. The summed E-state index contributed by atoms with van der Waals surface area (Å²) in [5.41, 5.74) is 3.69. The van der Waals surface area contributed by atoms with Gasteiger partial charge in [0.15, 0.2) is 0 Å². The normalized spacial score (nSPS) is 12.5. The molecular formula is C17H14BrN. The van der Waals surface area contributed by atoms with E-state index in [0.717, 1.165) is 4.47 Å². The zero-order valence-corrected chi connectivity index (χ0v) is 12.0. The predicted octanol–water partition coefficient (Wildman–Crippen LogP) is 5.25. The van der Waals surface area contributed by atoms with Gasteiger partial charge in [0.25, 0.3) is 0 Å². The van der Waals surface area contributed by atoms with Gasteiger partial charge in [-0.1, -0.05) is 52.3 Å². The van der Waals surface area contributed by atoms with Crippen molar-refractivity contribution in [3.8, 4) is 0 Å². The molecule has 1 N–H and O–H groups in total. The summed E-state index contributed by atoms with van der Waals surface area (Å²) in [4.78, 5) is 3.33. The highest BCUT2D eigenvalue weighted by atomic mass is 79.9. The van der Waals surface area contributed by atoms with Crippen LogP contribution in [0, 0.1) is 0 Å². The van der Waals surface area contributed by atoms with E-state index in [1.807, 2.05) is 12.1 Å². The average Bonchev–Trinajstić information content (AvgIpc) is 2.86. The Labute approximate surface area is 121 Å². The highest BCUT2D eigenvalue weighted by Crippen LogP contribution is 2.32. The van der Waals surface area contributed by atoms with Crippen molar-refractivity contribution in [2.75, 3.05) is 0 Å². The zero-order valence-electron chi connectivity index (χ0n) is 10.4. The van der Waals surface area contributed by atoms with E-state index in [9.17, 15) is 0 Å². The van der Waals surface area contributed by atoms with Gasteiger partial charge in [0.1, 0.15) is 0 Å². The van der Waals surface area contributed by atoms with Gasteiger partial charge >= 0.3 is 0 Å². The van der Waals surface area contributed by atoms with E-state index in [2.05, 4.69) is 76.2 Å². The van der Waals surface area contributed by atoms with Crippen LogP contribution in [0.25, 0.3) is 10.9 Å². The van der Waals surface area contributed by atoms with Crippen molar-refractivity contribution >= 4 is 26.8 Å². The Morgan fingerprint density at radius 1 is 1.05 bits per heavy atom. The minimum Gasteiger partial charge on any atom is -0.361 e. The SMILES string of the molecule is C=CC(c1ccc(Br)cc1)c1c[nH]c2ccccc12. The summed E-state index contributed by atoms with van der Waals surface area (Å²) in [5, 5.41) is 1.26. The number of para-hydroxylation sites is 1. The van der Waals surface area contributed by atoms with Crippen LogP contribution in [0.3, 0.4) is 0 Å². The van der Waals surface area contributed by atoms with Crippen LogP contribution in [0.1, 0.15) is 17.0 Å². The molecule has 1 unspecified atom stereocenters. The summed E-state index contributed by atoms with van der Waals surface area (Å²) in [6, 6.07) is 16.8. The molecule has 3 aromatic rings. The molecule has 0 saturated carbocycles. The standard InChI is InChI=1S/C17H14BrN/c1-2-14(12-7-9-13(18)10-8-12)16-11-19-17-6-4-3-5-15(16)17/h2-11,14,19H,1H2. The molecule has 0 bridgehead atoms. The van der Waals surface area contributed by atoms with Crippen LogP contribution in [-0.2, 0) is 0 Å². The van der Waals surface area contributed by atoms with Gasteiger partial charge in [-0.25, -0.2) is 0 Å². The molecular weight excluding hydrogens is 298 g/mol. The first-order chi connectivity index (χ1) is 9.29. The first-order valence-electron chi connectivity index (χ1n) is 6.23. The second-order valence-corrected chi connectivity index (χ2v) is 5.47. The number of nitrogens with one attached hydrogen (secondary N) is 1. The summed E-state index contributed by atoms with van der Waals surface area (Å²) in [7, 11) is 0. The van der Waals surface area contributed by atoms with E-state index in [1.54, 1.807) is 0 Å². The Morgan fingerprint density at radius 2 is 1.79 bits per heavy atom. The molecule has 0 aliphatic carbocycles. The molecule has 2 heteroatoms. The maximum atomic E-state index is 4.00. The number of aromatic amines is 1. The fourth-order valence-corrected chi connectivity index (χ4v) is 2.73. The summed E-state index contributed by atoms with van der Waals surface area (Å²) in [6.45, 7) is 4.00. The molecule has 0 spiro atoms. The monoisotopic (exact) mass is 311 g/mol.